The number of hydrogen-bond donors (Lipinski definition) is 1. The first-order chi connectivity index (χ1) is 14.2. The zero-order valence-corrected chi connectivity index (χ0v) is 19.5. The molecule has 0 aromatic rings. The van der Waals surface area contributed by atoms with Crippen LogP contribution in [0.4, 0.5) is 0 Å². The second-order valence-electron chi connectivity index (χ2n) is 9.18. The van der Waals surface area contributed by atoms with E-state index in [1.165, 1.54) is 18.4 Å². The van der Waals surface area contributed by atoms with Crippen LogP contribution in [0.3, 0.4) is 0 Å². The van der Waals surface area contributed by atoms with Gasteiger partial charge < -0.3 is 19.3 Å². The highest BCUT2D eigenvalue weighted by atomic mass is 16.7. The molecule has 2 heterocycles. The maximum absolute atomic E-state index is 12.2. The van der Waals surface area contributed by atoms with Crippen molar-refractivity contribution >= 4 is 11.6 Å². The highest BCUT2D eigenvalue weighted by Crippen LogP contribution is 2.60. The number of ketones is 2. The van der Waals surface area contributed by atoms with E-state index in [1.54, 1.807) is 7.11 Å². The Morgan fingerprint density at radius 2 is 1.93 bits per heavy atom. The Labute approximate surface area is 181 Å². The van der Waals surface area contributed by atoms with E-state index >= 15 is 0 Å². The summed E-state index contributed by atoms with van der Waals surface area (Å²) in [4.78, 5) is 22.9. The molecule has 3 aliphatic rings. The van der Waals surface area contributed by atoms with Crippen LogP contribution in [0.1, 0.15) is 86.0 Å². The number of Topliss-reactive ketones (excluding diaryl/α,β-unsaturated/α-hetero) is 2. The number of carbonyl (C=O) groups is 2. The summed E-state index contributed by atoms with van der Waals surface area (Å²) in [6, 6.07) is 0. The third-order valence-electron chi connectivity index (χ3n) is 6.64. The largest absolute Gasteiger partial charge is 0.373 e. The van der Waals surface area contributed by atoms with E-state index in [1.807, 2.05) is 13.8 Å². The molecule has 1 saturated carbocycles. The molecule has 3 rings (SSSR count). The summed E-state index contributed by atoms with van der Waals surface area (Å²) in [6.45, 7) is 10.2. The van der Waals surface area contributed by atoms with Crippen molar-refractivity contribution in [2.75, 3.05) is 7.11 Å². The van der Waals surface area contributed by atoms with E-state index in [2.05, 4.69) is 26.8 Å². The first-order valence-corrected chi connectivity index (χ1v) is 11.4. The maximum atomic E-state index is 12.2. The summed E-state index contributed by atoms with van der Waals surface area (Å²) in [5.74, 6) is 0.235. The minimum absolute atomic E-state index is 0.0502. The maximum Gasteiger partial charge on any atom is 0.185 e. The van der Waals surface area contributed by atoms with Gasteiger partial charge in [-0.15, -0.1) is 0 Å². The minimum Gasteiger partial charge on any atom is -0.373 e. The van der Waals surface area contributed by atoms with Crippen LogP contribution in [-0.4, -0.2) is 53.5 Å². The lowest BCUT2D eigenvalue weighted by atomic mass is 9.68. The van der Waals surface area contributed by atoms with E-state index in [4.69, 9.17) is 14.2 Å². The van der Waals surface area contributed by atoms with Crippen LogP contribution in [-0.2, 0) is 23.8 Å². The van der Waals surface area contributed by atoms with Crippen molar-refractivity contribution in [2.45, 2.75) is 116 Å². The molecular weight excluding hydrogens is 384 g/mol. The van der Waals surface area contributed by atoms with Crippen molar-refractivity contribution < 1.29 is 28.9 Å². The Hall–Kier alpha value is -1.08. The predicted octanol–water partition coefficient (Wildman–Crippen LogP) is 4.13. The number of methoxy groups -OCH3 is 1. The molecule has 1 aliphatic carbocycles. The van der Waals surface area contributed by atoms with Gasteiger partial charge in [-0.1, -0.05) is 38.3 Å². The first kappa shape index (κ1) is 25.2. The van der Waals surface area contributed by atoms with Crippen molar-refractivity contribution in [3.8, 4) is 0 Å². The SMILES string of the molecule is CCCCCC(=O)CC.COC1C(=O)CCC2(OC2O)C1C1(C)OC1CC=C(C)C. The fourth-order valence-electron chi connectivity index (χ4n) is 4.61. The molecule has 6 unspecified atom stereocenters. The van der Waals surface area contributed by atoms with Crippen LogP contribution in [0.2, 0.25) is 0 Å². The van der Waals surface area contributed by atoms with E-state index in [0.29, 0.717) is 25.0 Å². The van der Waals surface area contributed by atoms with Crippen molar-refractivity contribution in [3.63, 3.8) is 0 Å². The van der Waals surface area contributed by atoms with Gasteiger partial charge in [-0.25, -0.2) is 0 Å². The molecule has 1 spiro atoms. The molecule has 0 radical (unpaired) electrons. The lowest BCUT2D eigenvalue weighted by Gasteiger charge is -2.37. The number of aliphatic hydroxyl groups excluding tert-OH is 1. The minimum atomic E-state index is -0.807. The zero-order chi connectivity index (χ0) is 22.5. The molecule has 30 heavy (non-hydrogen) atoms. The van der Waals surface area contributed by atoms with Gasteiger partial charge in [0.05, 0.1) is 12.0 Å². The molecule has 0 aromatic carbocycles. The summed E-state index contributed by atoms with van der Waals surface area (Å²) in [5.41, 5.74) is 0.108. The Morgan fingerprint density at radius 1 is 1.27 bits per heavy atom. The number of unbranched alkanes of at least 4 members (excludes halogenated alkanes) is 2. The van der Waals surface area contributed by atoms with E-state index < -0.39 is 23.6 Å². The van der Waals surface area contributed by atoms with Gasteiger partial charge in [-0.2, -0.15) is 0 Å². The lowest BCUT2D eigenvalue weighted by molar-refractivity contribution is -0.142. The van der Waals surface area contributed by atoms with Crippen molar-refractivity contribution in [2.24, 2.45) is 5.92 Å². The number of rotatable bonds is 9. The van der Waals surface area contributed by atoms with Gasteiger partial charge in [0.25, 0.3) is 0 Å². The van der Waals surface area contributed by atoms with Crippen LogP contribution in [0, 0.1) is 5.92 Å². The number of ether oxygens (including phenoxy) is 3. The molecule has 6 heteroatoms. The van der Waals surface area contributed by atoms with Gasteiger partial charge in [0.2, 0.25) is 0 Å². The summed E-state index contributed by atoms with van der Waals surface area (Å²) in [6.07, 6.45) is 7.57. The Kier molecular flexibility index (Phi) is 8.80. The second kappa shape index (κ2) is 10.5. The Balaban J connectivity index is 0.000000303. The number of aliphatic hydroxyl groups is 1. The average Bonchev–Trinajstić information content (AvgIpc) is 3.57. The number of allylic oxidation sites excluding steroid dienone is 1. The highest BCUT2D eigenvalue weighted by Gasteiger charge is 2.75. The molecule has 2 saturated heterocycles. The third-order valence-corrected chi connectivity index (χ3v) is 6.64. The average molecular weight is 425 g/mol. The van der Waals surface area contributed by atoms with Crippen molar-refractivity contribution in [1.82, 2.24) is 0 Å². The summed E-state index contributed by atoms with van der Waals surface area (Å²) in [7, 11) is 1.54. The number of carbonyl (C=O) groups excluding carboxylic acids is 2. The zero-order valence-electron chi connectivity index (χ0n) is 19.5. The van der Waals surface area contributed by atoms with Crippen LogP contribution < -0.4 is 0 Å². The number of epoxide rings is 2. The van der Waals surface area contributed by atoms with Gasteiger partial charge in [-0.3, -0.25) is 9.59 Å². The van der Waals surface area contributed by atoms with E-state index in [0.717, 1.165) is 19.3 Å². The first-order valence-electron chi connectivity index (χ1n) is 11.4. The second-order valence-corrected chi connectivity index (χ2v) is 9.18. The molecule has 6 nitrogen and oxygen atoms in total. The lowest BCUT2D eigenvalue weighted by Crippen LogP contribution is -2.53. The normalized spacial score (nSPS) is 36.7. The standard InChI is InChI=1S/C16H24O5.C8H16O/c1-9(2)5-6-11-15(3,20-11)13-12(19-4)10(17)7-8-16(13)14(18)21-16;1-3-5-6-7-8(9)4-2/h5,11-14,18H,6-8H2,1-4H3;3-7H2,1-2H3. The molecule has 172 valence electrons. The number of hydrogen-bond acceptors (Lipinski definition) is 6. The summed E-state index contributed by atoms with van der Waals surface area (Å²) < 4.78 is 16.9. The highest BCUT2D eigenvalue weighted by molar-refractivity contribution is 5.85. The monoisotopic (exact) mass is 424 g/mol. The van der Waals surface area contributed by atoms with Crippen LogP contribution >= 0.6 is 0 Å². The molecular formula is C24H40O6. The predicted molar refractivity (Wildman–Crippen MR) is 115 cm³/mol. The fraction of sp³-hybridized carbons (Fsp3) is 0.833. The topological polar surface area (TPSA) is 88.7 Å². The van der Waals surface area contributed by atoms with Gasteiger partial charge in [-0.05, 0) is 40.0 Å². The smallest absolute Gasteiger partial charge is 0.185 e. The third kappa shape index (κ3) is 5.58. The quantitative estimate of drug-likeness (QED) is 0.340. The van der Waals surface area contributed by atoms with Gasteiger partial charge in [0.15, 0.2) is 12.1 Å². The molecule has 0 bridgehead atoms. The molecule has 1 N–H and O–H groups in total. The van der Waals surface area contributed by atoms with E-state index in [9.17, 15) is 14.7 Å². The van der Waals surface area contributed by atoms with E-state index in [-0.39, 0.29) is 17.8 Å². The molecule has 0 amide bonds. The van der Waals surface area contributed by atoms with Crippen molar-refractivity contribution in [3.05, 3.63) is 11.6 Å². The molecule has 2 aliphatic heterocycles. The van der Waals surface area contributed by atoms with Crippen LogP contribution in [0.25, 0.3) is 0 Å². The summed E-state index contributed by atoms with van der Waals surface area (Å²) in [5, 5.41) is 9.95. The Morgan fingerprint density at radius 3 is 2.43 bits per heavy atom. The molecule has 0 aromatic heterocycles. The van der Waals surface area contributed by atoms with Gasteiger partial charge in [0, 0.05) is 26.4 Å². The Bertz CT molecular complexity index is 640. The summed E-state index contributed by atoms with van der Waals surface area (Å²) >= 11 is 0. The molecule has 3 fully saturated rings. The molecule has 6 atom stereocenters. The van der Waals surface area contributed by atoms with Crippen LogP contribution in [0.5, 0.6) is 0 Å². The van der Waals surface area contributed by atoms with Gasteiger partial charge in [0.1, 0.15) is 23.1 Å². The van der Waals surface area contributed by atoms with Gasteiger partial charge >= 0.3 is 0 Å². The van der Waals surface area contributed by atoms with Crippen molar-refractivity contribution in [1.29, 1.82) is 0 Å². The fourth-order valence-corrected chi connectivity index (χ4v) is 4.61. The van der Waals surface area contributed by atoms with Crippen LogP contribution in [0.15, 0.2) is 11.6 Å².